The Morgan fingerprint density at radius 3 is 2.52 bits per heavy atom. The van der Waals surface area contributed by atoms with E-state index in [4.69, 9.17) is 0 Å². The summed E-state index contributed by atoms with van der Waals surface area (Å²) in [5.74, 6) is -3.57. The van der Waals surface area contributed by atoms with Gasteiger partial charge in [-0.1, -0.05) is 18.2 Å². The van der Waals surface area contributed by atoms with Gasteiger partial charge in [0, 0.05) is 5.69 Å². The van der Waals surface area contributed by atoms with E-state index in [2.05, 4.69) is 10.6 Å². The molecule has 1 amide bonds. The lowest BCUT2D eigenvalue weighted by Crippen LogP contribution is -2.54. The molecule has 1 saturated heterocycles. The molecule has 0 spiro atoms. The van der Waals surface area contributed by atoms with Crippen LogP contribution in [0.25, 0.3) is 0 Å². The maximum atomic E-state index is 13.2. The van der Waals surface area contributed by atoms with E-state index in [1.807, 2.05) is 0 Å². The van der Waals surface area contributed by atoms with Gasteiger partial charge >= 0.3 is 11.9 Å². The number of aliphatic carboxylic acids is 2. The van der Waals surface area contributed by atoms with E-state index in [1.165, 1.54) is 0 Å². The quantitative estimate of drug-likeness (QED) is 0.369. The zero-order valence-electron chi connectivity index (χ0n) is 18.4. The van der Waals surface area contributed by atoms with Crippen LogP contribution in [-0.4, -0.2) is 79.7 Å². The molecule has 2 heterocycles. The molecule has 2 aliphatic heterocycles. The molecule has 33 heavy (non-hydrogen) atoms. The van der Waals surface area contributed by atoms with Crippen LogP contribution in [-0.2, 0) is 30.6 Å². The lowest BCUT2D eigenvalue weighted by atomic mass is 9.96. The third kappa shape index (κ3) is 6.99. The van der Waals surface area contributed by atoms with Crippen LogP contribution in [0.4, 0.5) is 5.69 Å². The number of carboxylic acid groups (broad SMARTS) is 2. The number of amides is 1. The van der Waals surface area contributed by atoms with E-state index in [9.17, 15) is 33.0 Å². The van der Waals surface area contributed by atoms with Gasteiger partial charge in [0.05, 0.1) is 17.5 Å². The molecule has 1 aromatic rings. The highest BCUT2D eigenvalue weighted by atomic mass is 32.2. The number of carboxylic acids is 2. The number of hydrogen-bond donors (Lipinski definition) is 4. The van der Waals surface area contributed by atoms with Crippen molar-refractivity contribution in [2.45, 2.75) is 44.2 Å². The van der Waals surface area contributed by atoms with Gasteiger partial charge in [-0.3, -0.25) is 24.6 Å². The number of hydrogen-bond acceptors (Lipinski definition) is 7. The lowest BCUT2D eigenvalue weighted by molar-refractivity contribution is -0.140. The Hall–Kier alpha value is -2.50. The SMILES string of the molecule is O=C(O)CN1C(=O)C(NC(CS(=O)(=O)CCC2CCNCC2)C(=O)O)CCc2ccccc21. The van der Waals surface area contributed by atoms with E-state index >= 15 is 0 Å². The van der Waals surface area contributed by atoms with Crippen LogP contribution in [0.2, 0.25) is 0 Å². The molecule has 0 aromatic heterocycles. The molecule has 1 aromatic carbocycles. The first-order valence-corrected chi connectivity index (χ1v) is 13.0. The second kappa shape index (κ2) is 11.1. The number of piperidine rings is 1. The van der Waals surface area contributed by atoms with Crippen LogP contribution in [0.3, 0.4) is 0 Å². The number of fused-ring (bicyclic) bond motifs is 1. The fourth-order valence-electron chi connectivity index (χ4n) is 4.46. The molecular weight excluding hydrogens is 450 g/mol. The predicted molar refractivity (Wildman–Crippen MR) is 122 cm³/mol. The summed E-state index contributed by atoms with van der Waals surface area (Å²) in [7, 11) is -3.67. The summed E-state index contributed by atoms with van der Waals surface area (Å²) in [6.07, 6.45) is 2.93. The highest BCUT2D eigenvalue weighted by molar-refractivity contribution is 7.91. The van der Waals surface area contributed by atoms with E-state index in [0.717, 1.165) is 36.4 Å². The van der Waals surface area contributed by atoms with E-state index < -0.39 is 52.1 Å². The minimum atomic E-state index is -3.67. The number of anilines is 1. The zero-order chi connectivity index (χ0) is 24.0. The van der Waals surface area contributed by atoms with Crippen molar-refractivity contribution < 1.29 is 33.0 Å². The van der Waals surface area contributed by atoms with Crippen molar-refractivity contribution in [2.75, 3.05) is 36.0 Å². The predicted octanol–water partition coefficient (Wildman–Crippen LogP) is 0.266. The van der Waals surface area contributed by atoms with Crippen LogP contribution in [0.5, 0.6) is 0 Å². The minimum absolute atomic E-state index is 0.0989. The van der Waals surface area contributed by atoms with Gasteiger partial charge in [-0.2, -0.15) is 0 Å². The highest BCUT2D eigenvalue weighted by Crippen LogP contribution is 2.27. The van der Waals surface area contributed by atoms with Crippen molar-refractivity contribution in [3.63, 3.8) is 0 Å². The molecule has 182 valence electrons. The molecule has 0 radical (unpaired) electrons. The Morgan fingerprint density at radius 1 is 1.15 bits per heavy atom. The Labute approximate surface area is 193 Å². The monoisotopic (exact) mass is 481 g/mol. The molecule has 11 heteroatoms. The van der Waals surface area contributed by atoms with Gasteiger partial charge in [0.1, 0.15) is 12.6 Å². The fourth-order valence-corrected chi connectivity index (χ4v) is 6.06. The summed E-state index contributed by atoms with van der Waals surface area (Å²) in [4.78, 5) is 37.5. The summed E-state index contributed by atoms with van der Waals surface area (Å²) >= 11 is 0. The van der Waals surface area contributed by atoms with Gasteiger partial charge in [-0.15, -0.1) is 0 Å². The molecule has 0 bridgehead atoms. The average molecular weight is 482 g/mol. The number of nitrogens with zero attached hydrogens (tertiary/aromatic N) is 1. The number of carbonyl (C=O) groups is 3. The lowest BCUT2D eigenvalue weighted by Gasteiger charge is -2.27. The summed E-state index contributed by atoms with van der Waals surface area (Å²) in [6, 6.07) is 4.44. The van der Waals surface area contributed by atoms with Gasteiger partial charge in [-0.25, -0.2) is 8.42 Å². The molecule has 1 fully saturated rings. The van der Waals surface area contributed by atoms with Crippen LogP contribution in [0.1, 0.15) is 31.2 Å². The van der Waals surface area contributed by atoms with Crippen molar-refractivity contribution in [2.24, 2.45) is 5.92 Å². The Bertz CT molecular complexity index is 976. The Kier molecular flexibility index (Phi) is 8.44. The topological polar surface area (TPSA) is 153 Å². The zero-order valence-corrected chi connectivity index (χ0v) is 19.2. The van der Waals surface area contributed by atoms with Crippen molar-refractivity contribution in [3.8, 4) is 0 Å². The van der Waals surface area contributed by atoms with E-state index in [-0.39, 0.29) is 12.2 Å². The van der Waals surface area contributed by atoms with Crippen molar-refractivity contribution >= 4 is 33.4 Å². The molecule has 10 nitrogen and oxygen atoms in total. The number of para-hydroxylation sites is 1. The maximum absolute atomic E-state index is 13.2. The van der Waals surface area contributed by atoms with Crippen LogP contribution >= 0.6 is 0 Å². The third-order valence-electron chi connectivity index (χ3n) is 6.26. The fraction of sp³-hybridized carbons (Fsp3) is 0.591. The van der Waals surface area contributed by atoms with Crippen molar-refractivity contribution in [1.82, 2.24) is 10.6 Å². The molecular formula is C22H31N3O7S. The van der Waals surface area contributed by atoms with Gasteiger partial charge in [-0.05, 0) is 62.7 Å². The molecule has 2 unspecified atom stereocenters. The van der Waals surface area contributed by atoms with Crippen molar-refractivity contribution in [1.29, 1.82) is 0 Å². The number of benzene rings is 1. The number of aryl methyl sites for hydroxylation is 1. The Morgan fingerprint density at radius 2 is 1.85 bits per heavy atom. The van der Waals surface area contributed by atoms with Gasteiger partial charge in [0.2, 0.25) is 5.91 Å². The van der Waals surface area contributed by atoms with Gasteiger partial charge in [0.25, 0.3) is 0 Å². The van der Waals surface area contributed by atoms with Crippen LogP contribution in [0, 0.1) is 5.92 Å². The molecule has 4 N–H and O–H groups in total. The van der Waals surface area contributed by atoms with Gasteiger partial charge < -0.3 is 15.5 Å². The minimum Gasteiger partial charge on any atom is -0.480 e. The van der Waals surface area contributed by atoms with Crippen LogP contribution < -0.4 is 15.5 Å². The first-order valence-electron chi connectivity index (χ1n) is 11.2. The van der Waals surface area contributed by atoms with E-state index in [1.54, 1.807) is 24.3 Å². The second-order valence-electron chi connectivity index (χ2n) is 8.69. The summed E-state index contributed by atoms with van der Waals surface area (Å²) in [5.41, 5.74) is 1.24. The van der Waals surface area contributed by atoms with Gasteiger partial charge in [0.15, 0.2) is 9.84 Å². The summed E-state index contributed by atoms with van der Waals surface area (Å²) in [5, 5.41) is 24.9. The number of nitrogens with one attached hydrogen (secondary N) is 2. The highest BCUT2D eigenvalue weighted by Gasteiger charge is 2.35. The number of rotatable bonds is 10. The molecule has 0 aliphatic carbocycles. The molecule has 2 aliphatic rings. The standard InChI is InChI=1S/C22H31N3O7S/c26-20(27)13-25-19-4-2-1-3-16(19)5-6-17(21(25)28)24-18(22(29)30)14-33(31,32)12-9-15-7-10-23-11-8-15/h1-4,15,17-18,23-24H,5-14H2,(H,26,27)(H,29,30). The third-order valence-corrected chi connectivity index (χ3v) is 7.96. The maximum Gasteiger partial charge on any atom is 0.323 e. The first kappa shape index (κ1) is 25.1. The molecule has 2 atom stereocenters. The summed E-state index contributed by atoms with van der Waals surface area (Å²) < 4.78 is 25.4. The normalized spacial score (nSPS) is 20.7. The first-order chi connectivity index (χ1) is 15.7. The largest absolute Gasteiger partial charge is 0.480 e. The van der Waals surface area contributed by atoms with Crippen molar-refractivity contribution in [3.05, 3.63) is 29.8 Å². The second-order valence-corrected chi connectivity index (χ2v) is 10.9. The smallest absolute Gasteiger partial charge is 0.323 e. The summed E-state index contributed by atoms with van der Waals surface area (Å²) in [6.45, 7) is 1.13. The van der Waals surface area contributed by atoms with E-state index in [0.29, 0.717) is 24.4 Å². The molecule has 0 saturated carbocycles. The van der Waals surface area contributed by atoms with Crippen LogP contribution in [0.15, 0.2) is 24.3 Å². The Balaban J connectivity index is 1.70. The number of carbonyl (C=O) groups excluding carboxylic acids is 1. The average Bonchev–Trinajstić information content (AvgIpc) is 2.90. The number of sulfone groups is 1. The molecule has 3 rings (SSSR count).